The first-order valence-electron chi connectivity index (χ1n) is 10.8. The Kier molecular flexibility index (Phi) is 8.33. The smallest absolute Gasteiger partial charge is 0.309 e. The molecule has 1 heterocycles. The number of benzene rings is 1. The van der Waals surface area contributed by atoms with Crippen molar-refractivity contribution in [3.63, 3.8) is 0 Å². The molecule has 0 N–H and O–H groups in total. The summed E-state index contributed by atoms with van der Waals surface area (Å²) < 4.78 is 16.4. The molecule has 1 aromatic rings. The van der Waals surface area contributed by atoms with Crippen molar-refractivity contribution in [2.24, 2.45) is 5.92 Å². The molecule has 1 aliphatic heterocycles. The third-order valence-electron chi connectivity index (χ3n) is 6.20. The largest absolute Gasteiger partial charge is 0.497 e. The van der Waals surface area contributed by atoms with Crippen molar-refractivity contribution in [3.05, 3.63) is 42.1 Å². The summed E-state index contributed by atoms with van der Waals surface area (Å²) in [6, 6.07) is 7.14. The number of carbonyl (C=O) groups is 2. The van der Waals surface area contributed by atoms with E-state index in [9.17, 15) is 9.59 Å². The highest BCUT2D eigenvalue weighted by molar-refractivity contribution is 6.74. The van der Waals surface area contributed by atoms with Crippen molar-refractivity contribution in [2.45, 2.75) is 64.4 Å². The van der Waals surface area contributed by atoms with Crippen LogP contribution in [0.1, 0.15) is 39.7 Å². The zero-order chi connectivity index (χ0) is 24.1. The highest BCUT2D eigenvalue weighted by Crippen LogP contribution is 2.40. The second-order valence-corrected chi connectivity index (χ2v) is 14.2. The van der Waals surface area contributed by atoms with Crippen molar-refractivity contribution in [2.75, 3.05) is 14.2 Å². The van der Waals surface area contributed by atoms with Crippen molar-refractivity contribution in [1.29, 1.82) is 0 Å². The maximum Gasteiger partial charge on any atom is 0.309 e. The number of rotatable bonds is 7. The maximum absolute atomic E-state index is 13.0. The van der Waals surface area contributed by atoms with E-state index in [-0.39, 0.29) is 41.4 Å². The van der Waals surface area contributed by atoms with Gasteiger partial charge in [0.1, 0.15) is 11.8 Å². The molecule has 0 spiro atoms. The van der Waals surface area contributed by atoms with Crippen LogP contribution >= 0.6 is 0 Å². The van der Waals surface area contributed by atoms with Crippen LogP contribution in [0.2, 0.25) is 18.1 Å². The van der Waals surface area contributed by atoms with Crippen molar-refractivity contribution in [3.8, 4) is 17.6 Å². The van der Waals surface area contributed by atoms with E-state index in [1.54, 1.807) is 24.3 Å². The van der Waals surface area contributed by atoms with Crippen molar-refractivity contribution < 1.29 is 23.5 Å². The van der Waals surface area contributed by atoms with E-state index in [2.05, 4.69) is 50.4 Å². The van der Waals surface area contributed by atoms with Gasteiger partial charge in [0.25, 0.3) is 0 Å². The fourth-order valence-electron chi connectivity index (χ4n) is 3.21. The summed E-state index contributed by atoms with van der Waals surface area (Å²) in [7, 11) is 0.907. The van der Waals surface area contributed by atoms with Gasteiger partial charge in [-0.1, -0.05) is 38.7 Å². The van der Waals surface area contributed by atoms with E-state index in [0.717, 1.165) is 11.3 Å². The first-order valence-corrected chi connectivity index (χ1v) is 13.7. The highest BCUT2D eigenvalue weighted by atomic mass is 28.4. The molecule has 6 nitrogen and oxygen atoms in total. The van der Waals surface area contributed by atoms with Gasteiger partial charge in [0, 0.05) is 11.8 Å². The first-order chi connectivity index (χ1) is 14.9. The van der Waals surface area contributed by atoms with Gasteiger partial charge in [-0.15, -0.1) is 0 Å². The van der Waals surface area contributed by atoms with E-state index in [0.29, 0.717) is 0 Å². The minimum absolute atomic E-state index is 0.0401. The van der Waals surface area contributed by atoms with Crippen LogP contribution in [0.5, 0.6) is 5.75 Å². The summed E-state index contributed by atoms with van der Waals surface area (Å²) in [5.41, 5.74) is 0.834. The Bertz CT molecular complexity index is 905. The van der Waals surface area contributed by atoms with Gasteiger partial charge in [0.2, 0.25) is 5.91 Å². The van der Waals surface area contributed by atoms with Gasteiger partial charge >= 0.3 is 5.97 Å². The Morgan fingerprint density at radius 3 is 2.38 bits per heavy atom. The predicted molar refractivity (Wildman–Crippen MR) is 128 cm³/mol. The van der Waals surface area contributed by atoms with E-state index in [1.807, 2.05) is 31.2 Å². The highest BCUT2D eigenvalue weighted by Gasteiger charge is 2.51. The molecule has 0 aliphatic carbocycles. The summed E-state index contributed by atoms with van der Waals surface area (Å²) in [6.07, 6.45) is 3.09. The standard InChI is InChI=1S/C25H35NO5Si/c1-18(31-32(7,8)25(2,3)4)23-21(16-13-19-11-14-20(29-5)15-12-19)26(24(23)28)17-9-10-22(27)30-6/h9,11-12,14-15,17-18,21,23H,10H2,1-8H3/b17-9+/t18-,21?,23-/m1/s1. The van der Waals surface area contributed by atoms with Gasteiger partial charge in [-0.2, -0.15) is 0 Å². The molecule has 1 aliphatic rings. The fraction of sp³-hybridized carbons (Fsp3) is 0.520. The zero-order valence-electron chi connectivity index (χ0n) is 20.4. The molecule has 2 rings (SSSR count). The maximum atomic E-state index is 13.0. The lowest BCUT2D eigenvalue weighted by molar-refractivity contribution is -0.153. The Balaban J connectivity index is 2.26. The zero-order valence-corrected chi connectivity index (χ0v) is 21.4. The number of ether oxygens (including phenoxy) is 2. The summed E-state index contributed by atoms with van der Waals surface area (Å²) in [5.74, 6) is 6.40. The average molecular weight is 458 g/mol. The molecule has 1 amide bonds. The lowest BCUT2D eigenvalue weighted by atomic mass is 9.84. The lowest BCUT2D eigenvalue weighted by Crippen LogP contribution is -2.63. The second kappa shape index (κ2) is 10.4. The molecular formula is C25H35NO5Si. The number of likely N-dealkylation sites (tertiary alicyclic amines) is 1. The van der Waals surface area contributed by atoms with Gasteiger partial charge < -0.3 is 18.8 Å². The van der Waals surface area contributed by atoms with Gasteiger partial charge in [-0.3, -0.25) is 9.59 Å². The molecular weight excluding hydrogens is 422 g/mol. The van der Waals surface area contributed by atoms with Gasteiger partial charge in [-0.05, 0) is 49.3 Å². The lowest BCUT2D eigenvalue weighted by Gasteiger charge is -2.48. The minimum Gasteiger partial charge on any atom is -0.497 e. The van der Waals surface area contributed by atoms with Crippen LogP contribution in [-0.2, 0) is 18.8 Å². The van der Waals surface area contributed by atoms with Crippen LogP contribution in [-0.4, -0.2) is 51.5 Å². The second-order valence-electron chi connectivity index (χ2n) is 9.46. The van der Waals surface area contributed by atoms with Crippen LogP contribution in [0.25, 0.3) is 0 Å². The molecule has 0 radical (unpaired) electrons. The average Bonchev–Trinajstić information content (AvgIpc) is 2.72. The molecule has 0 saturated carbocycles. The van der Waals surface area contributed by atoms with Crippen LogP contribution in [0.3, 0.4) is 0 Å². The number of nitrogens with zero attached hydrogens (tertiary/aromatic N) is 1. The van der Waals surface area contributed by atoms with Crippen LogP contribution in [0.15, 0.2) is 36.5 Å². The molecule has 174 valence electrons. The summed E-state index contributed by atoms with van der Waals surface area (Å²) in [4.78, 5) is 26.0. The predicted octanol–water partition coefficient (Wildman–Crippen LogP) is 4.36. The molecule has 0 aromatic heterocycles. The molecule has 3 atom stereocenters. The van der Waals surface area contributed by atoms with Crippen molar-refractivity contribution >= 4 is 20.2 Å². The van der Waals surface area contributed by atoms with Crippen molar-refractivity contribution in [1.82, 2.24) is 4.90 Å². The number of amides is 1. The third-order valence-corrected chi connectivity index (χ3v) is 10.8. The number of carbonyl (C=O) groups excluding carboxylic acids is 2. The van der Waals surface area contributed by atoms with Crippen LogP contribution in [0, 0.1) is 17.8 Å². The van der Waals surface area contributed by atoms with Gasteiger partial charge in [0.05, 0.1) is 32.7 Å². The molecule has 1 fully saturated rings. The van der Waals surface area contributed by atoms with Gasteiger partial charge in [-0.25, -0.2) is 0 Å². The number of hydrogen-bond donors (Lipinski definition) is 0. The van der Waals surface area contributed by atoms with E-state index in [1.165, 1.54) is 7.11 Å². The number of hydrogen-bond acceptors (Lipinski definition) is 5. The fourth-order valence-corrected chi connectivity index (χ4v) is 4.64. The molecule has 1 saturated heterocycles. The topological polar surface area (TPSA) is 65.1 Å². The summed E-state index contributed by atoms with van der Waals surface area (Å²) >= 11 is 0. The molecule has 1 unspecified atom stereocenters. The molecule has 7 heteroatoms. The van der Waals surface area contributed by atoms with Crippen LogP contribution < -0.4 is 4.74 Å². The van der Waals surface area contributed by atoms with E-state index in [4.69, 9.17) is 9.16 Å². The number of esters is 1. The normalized spacial score (nSPS) is 19.8. The molecule has 32 heavy (non-hydrogen) atoms. The SMILES string of the molecule is COC(=O)C/C=C/N1C(=O)[C@H]([C@@H](C)O[Si](C)(C)C(C)(C)C)C1C#Cc1ccc(OC)cc1. The minimum atomic E-state index is -2.05. The molecule has 1 aromatic carbocycles. The Hall–Kier alpha value is -2.56. The quantitative estimate of drug-likeness (QED) is 0.263. The number of β-lactam (4-membered cyclic amide) rings is 1. The third kappa shape index (κ3) is 6.02. The molecule has 0 bridgehead atoms. The number of methoxy groups -OCH3 is 2. The van der Waals surface area contributed by atoms with Crippen LogP contribution in [0.4, 0.5) is 0 Å². The summed E-state index contributed by atoms with van der Waals surface area (Å²) in [6.45, 7) is 12.9. The summed E-state index contributed by atoms with van der Waals surface area (Å²) in [5, 5.41) is 0.0401. The van der Waals surface area contributed by atoms with Gasteiger partial charge in [0.15, 0.2) is 8.32 Å². The Labute approximate surface area is 193 Å². The Morgan fingerprint density at radius 1 is 1.22 bits per heavy atom. The monoisotopic (exact) mass is 457 g/mol. The van der Waals surface area contributed by atoms with E-state index >= 15 is 0 Å². The van der Waals surface area contributed by atoms with E-state index < -0.39 is 8.32 Å². The first kappa shape index (κ1) is 25.7. The Morgan fingerprint density at radius 2 is 1.84 bits per heavy atom.